The number of hydrogen-bond donors (Lipinski definition) is 0. The van der Waals surface area contributed by atoms with Gasteiger partial charge in [-0.3, -0.25) is 0 Å². The van der Waals surface area contributed by atoms with Crippen molar-refractivity contribution in [2.24, 2.45) is 0 Å². The minimum absolute atomic E-state index is 0. The molecule has 0 unspecified atom stereocenters. The summed E-state index contributed by atoms with van der Waals surface area (Å²) in [6.45, 7) is 0. The first-order chi connectivity index (χ1) is 7.97. The van der Waals surface area contributed by atoms with Gasteiger partial charge in [0, 0.05) is 169 Å². The van der Waals surface area contributed by atoms with Crippen LogP contribution in [0.4, 0.5) is 0 Å². The molecule has 4 heteroatoms. The monoisotopic (exact) mass is 693 g/mol. The molecule has 0 bridgehead atoms. The predicted molar refractivity (Wildman–Crippen MR) is 73.8 cm³/mol. The molecule has 3 rings (SSSR count). The molecule has 0 fully saturated rings. The molecule has 0 atom stereocenters. The fourth-order valence-electron chi connectivity index (χ4n) is 1.41. The van der Waals surface area contributed by atoms with Crippen molar-refractivity contribution in [2.45, 2.75) is 0 Å². The zero-order chi connectivity index (χ0) is 11.1. The molecule has 0 saturated heterocycles. The molecular formula is C16H12RaRbY2-2. The van der Waals surface area contributed by atoms with E-state index >= 15 is 0 Å². The van der Waals surface area contributed by atoms with Gasteiger partial charge in [0.1, 0.15) is 0 Å². The first kappa shape index (κ1) is 28.2. The summed E-state index contributed by atoms with van der Waals surface area (Å²) in [6, 6.07) is 29.8. The molecule has 0 N–H and O–H groups in total. The van der Waals surface area contributed by atoms with Crippen molar-refractivity contribution >= 4 is 69.0 Å². The van der Waals surface area contributed by atoms with E-state index in [4.69, 9.17) is 0 Å². The van der Waals surface area contributed by atoms with Gasteiger partial charge in [-0.25, -0.2) is 0 Å². The second-order valence-corrected chi connectivity index (χ2v) is 3.35. The van der Waals surface area contributed by atoms with Crippen molar-refractivity contribution in [3.8, 4) is 0 Å². The largest absolute Gasteiger partial charge is 0.184 e. The maximum Gasteiger partial charge on any atom is 0 e. The summed E-state index contributed by atoms with van der Waals surface area (Å²) in [5.74, 6) is 0. The molecular weight excluding hydrogens is 681 g/mol. The molecule has 0 saturated carbocycles. The van der Waals surface area contributed by atoms with Gasteiger partial charge in [0.05, 0.1) is 0 Å². The Morgan fingerprint density at radius 3 is 1.65 bits per heavy atom. The first-order valence-corrected chi connectivity index (χ1v) is 5.23. The molecule has 0 aromatic heterocycles. The van der Waals surface area contributed by atoms with Gasteiger partial charge in [-0.2, -0.15) is 60.7 Å². The average Bonchev–Trinajstić information content (AvgIpc) is 2.42. The Labute approximate surface area is 257 Å². The van der Waals surface area contributed by atoms with Gasteiger partial charge in [-0.15, -0.1) is 16.8 Å². The Bertz CT molecular complexity index is 455. The number of benzene rings is 3. The van der Waals surface area contributed by atoms with E-state index in [2.05, 4.69) is 30.3 Å². The summed E-state index contributed by atoms with van der Waals surface area (Å²) >= 11 is 0. The third-order valence-corrected chi connectivity index (χ3v) is 2.20. The Kier molecular flexibility index (Phi) is 26.4. The standard InChI is InChI=1S/C10H7.C6H5.Ra.Rb.2Y/c1-2-6-10-8-4-3-7-9(10)5-1;1-2-4-6-5-3-1;;;;/h1-3,5-8H;1-5H;;;;/q2*-1;;;;. The number of hydrogen-bond acceptors (Lipinski definition) is 0. The fourth-order valence-corrected chi connectivity index (χ4v) is 1.41. The Morgan fingerprint density at radius 2 is 1.20 bits per heavy atom. The van der Waals surface area contributed by atoms with Crippen molar-refractivity contribution in [3.05, 3.63) is 84.9 Å². The molecule has 0 heterocycles. The van der Waals surface area contributed by atoms with Crippen molar-refractivity contribution in [2.75, 3.05) is 0 Å². The molecule has 3 aromatic rings. The summed E-state index contributed by atoms with van der Waals surface area (Å²) in [6.07, 6.45) is 0. The number of fused-ring (bicyclic) bond motifs is 1. The van der Waals surface area contributed by atoms with Crippen molar-refractivity contribution in [1.29, 1.82) is 0 Å². The van der Waals surface area contributed by atoms with Gasteiger partial charge in [0.2, 0.25) is 0 Å². The molecule has 20 heavy (non-hydrogen) atoms. The molecule has 5 radical (unpaired) electrons. The molecule has 0 spiro atoms. The van der Waals surface area contributed by atoms with E-state index in [-0.39, 0.29) is 169 Å². The zero-order valence-corrected chi connectivity index (χ0v) is 28.2. The van der Waals surface area contributed by atoms with Crippen LogP contribution in [0.3, 0.4) is 0 Å². The van der Waals surface area contributed by atoms with Crippen LogP contribution in [0, 0.1) is 57.1 Å². The van der Waals surface area contributed by atoms with Crippen LogP contribution in [0.5, 0.6) is 0 Å². The Morgan fingerprint density at radius 1 is 0.600 bits per heavy atom. The summed E-state index contributed by atoms with van der Waals surface area (Å²) in [5, 5.41) is 2.53. The topological polar surface area (TPSA) is 0 Å². The molecule has 0 nitrogen and oxygen atoms in total. The first-order valence-electron chi connectivity index (χ1n) is 5.23. The van der Waals surface area contributed by atoms with Crippen molar-refractivity contribution < 1.29 is 110 Å². The van der Waals surface area contributed by atoms with Crippen molar-refractivity contribution in [1.82, 2.24) is 0 Å². The van der Waals surface area contributed by atoms with E-state index in [0.717, 1.165) is 0 Å². The molecule has 0 aliphatic rings. The Hall–Kier alpha value is 3.40. The summed E-state index contributed by atoms with van der Waals surface area (Å²) < 4.78 is 0. The van der Waals surface area contributed by atoms with Crippen LogP contribution in [0.25, 0.3) is 10.8 Å². The molecule has 0 aliphatic carbocycles. The maximum atomic E-state index is 3.04. The van der Waals surface area contributed by atoms with Gasteiger partial charge in [-0.1, -0.05) is 18.2 Å². The second kappa shape index (κ2) is 18.7. The SMILES string of the molecule is [Ra].[Rb].[Y].[Y].[c-]1ccc2ccccc2c1.[c-]1ccccc1. The average molecular weight is 694 g/mol. The van der Waals surface area contributed by atoms with Crippen LogP contribution in [0.2, 0.25) is 0 Å². The van der Waals surface area contributed by atoms with Crippen LogP contribution in [0.1, 0.15) is 0 Å². The van der Waals surface area contributed by atoms with E-state index < -0.39 is 0 Å². The minimum Gasteiger partial charge on any atom is -0.184 e. The van der Waals surface area contributed by atoms with E-state index in [1.165, 1.54) is 10.8 Å². The van der Waals surface area contributed by atoms with Crippen molar-refractivity contribution in [3.63, 3.8) is 0 Å². The van der Waals surface area contributed by atoms with E-state index in [9.17, 15) is 0 Å². The van der Waals surface area contributed by atoms with E-state index in [1.54, 1.807) is 0 Å². The minimum atomic E-state index is 0. The fraction of sp³-hybridized carbons (Fsp3) is 0. The van der Waals surface area contributed by atoms with Gasteiger partial charge in [-0.05, 0) is 0 Å². The van der Waals surface area contributed by atoms with Crippen LogP contribution >= 0.6 is 0 Å². The summed E-state index contributed by atoms with van der Waals surface area (Å²) in [7, 11) is 0. The van der Waals surface area contributed by atoms with Gasteiger partial charge < -0.3 is 0 Å². The van der Waals surface area contributed by atoms with Crippen LogP contribution in [-0.2, 0) is 65.4 Å². The molecule has 3 aromatic carbocycles. The van der Waals surface area contributed by atoms with Gasteiger partial charge in [0.25, 0.3) is 0 Å². The zero-order valence-electron chi connectivity index (χ0n) is 11.8. The van der Waals surface area contributed by atoms with E-state index in [1.807, 2.05) is 54.6 Å². The van der Waals surface area contributed by atoms with Gasteiger partial charge >= 0.3 is 0 Å². The van der Waals surface area contributed by atoms with Crippen LogP contribution in [-0.4, -0.2) is 58.2 Å². The van der Waals surface area contributed by atoms with E-state index in [0.29, 0.717) is 0 Å². The van der Waals surface area contributed by atoms with Gasteiger partial charge in [0.15, 0.2) is 0 Å². The summed E-state index contributed by atoms with van der Waals surface area (Å²) in [4.78, 5) is 0. The molecule has 0 aliphatic heterocycles. The quantitative estimate of drug-likeness (QED) is 0.315. The molecule has 87 valence electrons. The smallest absolute Gasteiger partial charge is 0 e. The maximum absolute atomic E-state index is 3.04. The second-order valence-electron chi connectivity index (χ2n) is 3.35. The van der Waals surface area contributed by atoms with Crippen LogP contribution in [0.15, 0.2) is 72.8 Å². The number of rotatable bonds is 0. The Balaban J connectivity index is -0.000000260. The normalized spacial score (nSPS) is 7.40. The van der Waals surface area contributed by atoms with Crippen LogP contribution < -0.4 is 0 Å². The summed E-state index contributed by atoms with van der Waals surface area (Å²) in [5.41, 5.74) is 0. The predicted octanol–water partition coefficient (Wildman–Crippen LogP) is 3.74. The third kappa shape index (κ3) is 11.9. The molecule has 0 amide bonds. The third-order valence-electron chi connectivity index (χ3n) is 2.20.